The summed E-state index contributed by atoms with van der Waals surface area (Å²) in [6, 6.07) is 16.2. The van der Waals surface area contributed by atoms with Gasteiger partial charge >= 0.3 is 0 Å². The number of aromatic nitrogens is 2. The van der Waals surface area contributed by atoms with Gasteiger partial charge in [0.25, 0.3) is 0 Å². The highest BCUT2D eigenvalue weighted by atomic mass is 16.6. The monoisotopic (exact) mass is 317 g/mol. The third kappa shape index (κ3) is 2.56. The molecule has 2 aromatic carbocycles. The molecule has 0 radical (unpaired) electrons. The number of nitrogens with zero attached hydrogens (tertiary/aromatic N) is 3. The molecular formula is C19H15N3O2. The first kappa shape index (κ1) is 14.3. The Morgan fingerprint density at radius 3 is 2.92 bits per heavy atom. The van der Waals surface area contributed by atoms with E-state index in [2.05, 4.69) is 32.9 Å². The van der Waals surface area contributed by atoms with Gasteiger partial charge in [-0.25, -0.2) is 4.98 Å². The summed E-state index contributed by atoms with van der Waals surface area (Å²) in [6.45, 7) is 0. The SMILES string of the molecule is CON=Cc1ccc2c(c1)ncn2-c1cccc(-c2ccoc2)c1. The molecule has 0 amide bonds. The Labute approximate surface area is 138 Å². The molecule has 118 valence electrons. The fourth-order valence-electron chi connectivity index (χ4n) is 2.69. The molecule has 0 bridgehead atoms. The summed E-state index contributed by atoms with van der Waals surface area (Å²) in [5.74, 6) is 0. The standard InChI is InChI=1S/C19H15N3O2/c1-23-21-11-14-5-6-19-18(9-14)20-13-22(19)17-4-2-3-15(10-17)16-7-8-24-12-16/h2-13H,1H3. The van der Waals surface area contributed by atoms with Gasteiger partial charge in [0.15, 0.2) is 0 Å². The summed E-state index contributed by atoms with van der Waals surface area (Å²) in [6.07, 6.45) is 6.92. The van der Waals surface area contributed by atoms with E-state index in [0.717, 1.165) is 33.4 Å². The van der Waals surface area contributed by atoms with Crippen LogP contribution in [0.15, 0.2) is 77.0 Å². The van der Waals surface area contributed by atoms with Crippen LogP contribution in [0.4, 0.5) is 0 Å². The van der Waals surface area contributed by atoms with Crippen LogP contribution in [0.5, 0.6) is 0 Å². The minimum Gasteiger partial charge on any atom is -0.472 e. The predicted octanol–water partition coefficient (Wildman–Crippen LogP) is 4.27. The van der Waals surface area contributed by atoms with E-state index in [-0.39, 0.29) is 0 Å². The molecule has 0 atom stereocenters. The highest BCUT2D eigenvalue weighted by molar-refractivity contribution is 5.87. The Balaban J connectivity index is 1.77. The number of oxime groups is 1. The predicted molar refractivity (Wildman–Crippen MR) is 93.4 cm³/mol. The summed E-state index contributed by atoms with van der Waals surface area (Å²) in [7, 11) is 1.52. The topological polar surface area (TPSA) is 52.6 Å². The fourth-order valence-corrected chi connectivity index (χ4v) is 2.69. The van der Waals surface area contributed by atoms with Crippen LogP contribution < -0.4 is 0 Å². The van der Waals surface area contributed by atoms with Crippen molar-refractivity contribution in [1.29, 1.82) is 0 Å². The Morgan fingerprint density at radius 1 is 1.12 bits per heavy atom. The lowest BCUT2D eigenvalue weighted by Gasteiger charge is -2.06. The van der Waals surface area contributed by atoms with Crippen molar-refractivity contribution in [2.75, 3.05) is 7.11 Å². The zero-order valence-electron chi connectivity index (χ0n) is 13.1. The molecule has 0 aliphatic rings. The van der Waals surface area contributed by atoms with Crippen molar-refractivity contribution in [2.24, 2.45) is 5.16 Å². The van der Waals surface area contributed by atoms with E-state index < -0.39 is 0 Å². The van der Waals surface area contributed by atoms with Crippen molar-refractivity contribution in [3.8, 4) is 16.8 Å². The number of fused-ring (bicyclic) bond motifs is 1. The lowest BCUT2D eigenvalue weighted by atomic mass is 10.1. The molecule has 0 fully saturated rings. The van der Waals surface area contributed by atoms with Gasteiger partial charge in [-0.05, 0) is 41.5 Å². The summed E-state index contributed by atoms with van der Waals surface area (Å²) < 4.78 is 7.24. The third-order valence-corrected chi connectivity index (χ3v) is 3.86. The smallest absolute Gasteiger partial charge is 0.106 e. The van der Waals surface area contributed by atoms with E-state index in [0.29, 0.717) is 0 Å². The minimum absolute atomic E-state index is 0.906. The van der Waals surface area contributed by atoms with Gasteiger partial charge in [0.1, 0.15) is 13.4 Å². The fraction of sp³-hybridized carbons (Fsp3) is 0.0526. The van der Waals surface area contributed by atoms with E-state index in [9.17, 15) is 0 Å². The molecule has 5 heteroatoms. The van der Waals surface area contributed by atoms with Crippen molar-refractivity contribution in [2.45, 2.75) is 0 Å². The third-order valence-electron chi connectivity index (χ3n) is 3.86. The molecular weight excluding hydrogens is 302 g/mol. The van der Waals surface area contributed by atoms with Gasteiger partial charge in [-0.3, -0.25) is 4.57 Å². The molecule has 4 rings (SSSR count). The van der Waals surface area contributed by atoms with E-state index in [1.165, 1.54) is 7.11 Å². The first-order valence-electron chi connectivity index (χ1n) is 7.52. The van der Waals surface area contributed by atoms with Crippen molar-refractivity contribution in [1.82, 2.24) is 9.55 Å². The molecule has 2 heterocycles. The maximum atomic E-state index is 5.17. The van der Waals surface area contributed by atoms with Crippen LogP contribution >= 0.6 is 0 Å². The average Bonchev–Trinajstić information content (AvgIpc) is 3.29. The van der Waals surface area contributed by atoms with Crippen LogP contribution in [0.2, 0.25) is 0 Å². The molecule has 5 nitrogen and oxygen atoms in total. The van der Waals surface area contributed by atoms with Crippen molar-refractivity contribution >= 4 is 17.2 Å². The largest absolute Gasteiger partial charge is 0.472 e. The maximum absolute atomic E-state index is 5.17. The first-order chi connectivity index (χ1) is 11.8. The van der Waals surface area contributed by atoms with Gasteiger partial charge in [-0.15, -0.1) is 0 Å². The number of hydrogen-bond acceptors (Lipinski definition) is 4. The van der Waals surface area contributed by atoms with Crippen LogP contribution in [-0.4, -0.2) is 22.9 Å². The van der Waals surface area contributed by atoms with Gasteiger partial charge < -0.3 is 9.25 Å². The minimum atomic E-state index is 0.906. The van der Waals surface area contributed by atoms with Gasteiger partial charge in [-0.2, -0.15) is 0 Å². The molecule has 4 aromatic rings. The van der Waals surface area contributed by atoms with Crippen molar-refractivity contribution in [3.05, 3.63) is 72.9 Å². The molecule has 0 unspecified atom stereocenters. The van der Waals surface area contributed by atoms with Gasteiger partial charge in [0.05, 0.1) is 29.8 Å². The second kappa shape index (κ2) is 6.04. The summed E-state index contributed by atoms with van der Waals surface area (Å²) >= 11 is 0. The second-order valence-corrected chi connectivity index (χ2v) is 5.34. The quantitative estimate of drug-likeness (QED) is 0.417. The Morgan fingerprint density at radius 2 is 2.08 bits per heavy atom. The lowest BCUT2D eigenvalue weighted by molar-refractivity contribution is 0.215. The molecule has 0 saturated heterocycles. The normalized spacial score (nSPS) is 11.4. The van der Waals surface area contributed by atoms with Crippen LogP contribution in [0.25, 0.3) is 27.8 Å². The number of benzene rings is 2. The number of imidazole rings is 1. The summed E-state index contributed by atoms with van der Waals surface area (Å²) in [4.78, 5) is 9.22. The summed E-state index contributed by atoms with van der Waals surface area (Å²) in [5, 5.41) is 3.79. The number of rotatable bonds is 4. The van der Waals surface area contributed by atoms with E-state index in [4.69, 9.17) is 9.25 Å². The second-order valence-electron chi connectivity index (χ2n) is 5.34. The Hall–Kier alpha value is -3.34. The molecule has 0 spiro atoms. The van der Waals surface area contributed by atoms with Crippen LogP contribution in [0, 0.1) is 0 Å². The molecule has 2 aromatic heterocycles. The Kier molecular flexibility index (Phi) is 3.59. The molecule has 0 N–H and O–H groups in total. The van der Waals surface area contributed by atoms with Crippen molar-refractivity contribution in [3.63, 3.8) is 0 Å². The maximum Gasteiger partial charge on any atom is 0.106 e. The van der Waals surface area contributed by atoms with Gasteiger partial charge in [0, 0.05) is 11.3 Å². The lowest BCUT2D eigenvalue weighted by Crippen LogP contribution is -1.92. The zero-order valence-corrected chi connectivity index (χ0v) is 13.1. The highest BCUT2D eigenvalue weighted by Gasteiger charge is 2.07. The summed E-state index contributed by atoms with van der Waals surface area (Å²) in [5.41, 5.74) is 6.10. The number of furan rings is 1. The van der Waals surface area contributed by atoms with E-state index in [1.54, 1.807) is 18.7 Å². The number of hydrogen-bond donors (Lipinski definition) is 0. The highest BCUT2D eigenvalue weighted by Crippen LogP contribution is 2.25. The van der Waals surface area contributed by atoms with E-state index >= 15 is 0 Å². The van der Waals surface area contributed by atoms with Crippen LogP contribution in [0.3, 0.4) is 0 Å². The van der Waals surface area contributed by atoms with Crippen LogP contribution in [0.1, 0.15) is 5.56 Å². The molecule has 0 aliphatic carbocycles. The average molecular weight is 317 g/mol. The molecule has 0 aliphatic heterocycles. The van der Waals surface area contributed by atoms with E-state index in [1.807, 2.05) is 36.7 Å². The van der Waals surface area contributed by atoms with Crippen molar-refractivity contribution < 1.29 is 9.25 Å². The van der Waals surface area contributed by atoms with Gasteiger partial charge in [0.2, 0.25) is 0 Å². The zero-order chi connectivity index (χ0) is 16.4. The molecule has 24 heavy (non-hydrogen) atoms. The first-order valence-corrected chi connectivity index (χ1v) is 7.52. The van der Waals surface area contributed by atoms with Gasteiger partial charge in [-0.1, -0.05) is 23.4 Å². The molecule has 0 saturated carbocycles. The Bertz CT molecular complexity index is 1000. The van der Waals surface area contributed by atoms with Crippen LogP contribution in [-0.2, 0) is 4.84 Å².